The molecule has 3 aromatic rings. The number of amides is 3. The summed E-state index contributed by atoms with van der Waals surface area (Å²) in [6.45, 7) is 6.76. The number of ether oxygens (including phenoxy) is 1. The molecule has 3 atom stereocenters. The smallest absolute Gasteiger partial charge is 0.368 e. The van der Waals surface area contributed by atoms with Crippen LogP contribution in [0.15, 0.2) is 48.7 Å². The first-order chi connectivity index (χ1) is 21.1. The van der Waals surface area contributed by atoms with Gasteiger partial charge in [0.15, 0.2) is 0 Å². The number of fused-ring (bicyclic) bond motifs is 1. The van der Waals surface area contributed by atoms with E-state index in [1.54, 1.807) is 37.9 Å². The summed E-state index contributed by atoms with van der Waals surface area (Å²) >= 11 is 0.998. The van der Waals surface area contributed by atoms with Crippen molar-refractivity contribution in [2.24, 2.45) is 5.41 Å². The maximum atomic E-state index is 14.3. The lowest BCUT2D eigenvalue weighted by molar-refractivity contribution is -0.150. The summed E-state index contributed by atoms with van der Waals surface area (Å²) in [6, 6.07) is 8.26. The normalized spacial score (nSPS) is 20.3. The fourth-order valence-electron chi connectivity index (χ4n) is 5.62. The van der Waals surface area contributed by atoms with Crippen molar-refractivity contribution in [1.29, 1.82) is 0 Å². The Balaban J connectivity index is 1.32. The summed E-state index contributed by atoms with van der Waals surface area (Å²) in [5, 5.41) is 3.00. The third-order valence-corrected chi connectivity index (χ3v) is 10.2. The van der Waals surface area contributed by atoms with E-state index in [-0.39, 0.29) is 22.3 Å². The Morgan fingerprint density at radius 2 is 1.89 bits per heavy atom. The van der Waals surface area contributed by atoms with E-state index in [2.05, 4.69) is 10.3 Å². The molecular weight excluding hydrogens is 629 g/mol. The highest BCUT2D eigenvalue weighted by Crippen LogP contribution is 2.59. The Bertz CT molecular complexity index is 1640. The van der Waals surface area contributed by atoms with Gasteiger partial charge in [0.1, 0.15) is 18.2 Å². The number of thiophene rings is 1. The maximum absolute atomic E-state index is 14.3. The molecule has 0 spiro atoms. The van der Waals surface area contributed by atoms with Crippen molar-refractivity contribution in [1.82, 2.24) is 20.1 Å². The van der Waals surface area contributed by atoms with Crippen LogP contribution >= 0.6 is 18.9 Å². The van der Waals surface area contributed by atoms with Crippen molar-refractivity contribution in [3.8, 4) is 0 Å². The lowest BCUT2D eigenvalue weighted by atomic mass is 9.85. The number of nitrogens with zero attached hydrogens (tertiary/aromatic N) is 3. The molecule has 2 aliphatic heterocycles. The number of hydrogen-bond acceptors (Lipinski definition) is 7. The zero-order valence-electron chi connectivity index (χ0n) is 25.0. The number of aromatic nitrogens is 1. The van der Waals surface area contributed by atoms with E-state index in [0.29, 0.717) is 43.8 Å². The van der Waals surface area contributed by atoms with E-state index in [0.717, 1.165) is 29.2 Å². The number of likely N-dealkylation sites (tertiary alicyclic amines) is 1. The molecule has 2 aromatic heterocycles. The molecule has 4 heterocycles. The summed E-state index contributed by atoms with van der Waals surface area (Å²) in [5.41, 5.74) is -5.29. The van der Waals surface area contributed by atoms with Crippen molar-refractivity contribution in [3.05, 3.63) is 64.8 Å². The van der Waals surface area contributed by atoms with Gasteiger partial charge in [-0.25, -0.2) is 0 Å². The van der Waals surface area contributed by atoms with Gasteiger partial charge in [0.25, 0.3) is 5.91 Å². The van der Waals surface area contributed by atoms with Crippen LogP contribution in [0.5, 0.6) is 0 Å². The van der Waals surface area contributed by atoms with Crippen LogP contribution in [0.4, 0.5) is 8.78 Å². The number of hydrogen-bond donors (Lipinski definition) is 3. The van der Waals surface area contributed by atoms with Crippen LogP contribution in [-0.4, -0.2) is 80.6 Å². The first-order valence-electron chi connectivity index (χ1n) is 14.5. The number of benzene rings is 1. The van der Waals surface area contributed by atoms with E-state index in [1.807, 2.05) is 12.1 Å². The Morgan fingerprint density at radius 1 is 1.13 bits per heavy atom. The average Bonchev–Trinajstić information content (AvgIpc) is 3.66. The van der Waals surface area contributed by atoms with Gasteiger partial charge in [-0.1, -0.05) is 32.9 Å². The second-order valence-corrected chi connectivity index (χ2v) is 15.0. The monoisotopic (exact) mass is 664 g/mol. The summed E-state index contributed by atoms with van der Waals surface area (Å²) in [6.07, 6.45) is 2.40. The fourth-order valence-corrected chi connectivity index (χ4v) is 7.04. The number of halogens is 2. The van der Waals surface area contributed by atoms with Crippen LogP contribution in [0, 0.1) is 5.41 Å². The minimum absolute atomic E-state index is 0.131. The second-order valence-electron chi connectivity index (χ2n) is 12.3. The standard InChI is InChI=1S/C30H35F2N4O7PS/c1-29(2,3)25(34-26(37)24-16-18-15-19(9-10-23(18)45-24)30(31,32)44(40,41)42)28(39)36-12-6-8-21(36)27(38)35-13-14-43-22(17-35)20-7-4-5-11-33-20/h4-5,7,9-11,15-16,21-22,25H,6,8,12-14,17H2,1-3H3,(H,34,37)(H2,40,41,42)/t21-,22?,25?/m0/s1. The molecule has 2 saturated heterocycles. The number of alkyl halides is 2. The molecule has 0 radical (unpaired) electrons. The minimum Gasteiger partial charge on any atom is -0.368 e. The molecule has 0 aliphatic carbocycles. The molecule has 0 saturated carbocycles. The molecule has 2 fully saturated rings. The van der Waals surface area contributed by atoms with Crippen LogP contribution in [0.3, 0.4) is 0 Å². The lowest BCUT2D eigenvalue weighted by Gasteiger charge is -2.38. The van der Waals surface area contributed by atoms with Gasteiger partial charge in [0.05, 0.1) is 23.7 Å². The zero-order valence-corrected chi connectivity index (χ0v) is 26.7. The molecule has 2 unspecified atom stereocenters. The van der Waals surface area contributed by atoms with Crippen molar-refractivity contribution < 1.29 is 42.3 Å². The number of rotatable bonds is 7. The highest BCUT2D eigenvalue weighted by molar-refractivity contribution is 7.52. The summed E-state index contributed by atoms with van der Waals surface area (Å²) < 4.78 is 46.2. The van der Waals surface area contributed by atoms with E-state index in [9.17, 15) is 27.7 Å². The molecule has 3 amide bonds. The third kappa shape index (κ3) is 6.80. The molecule has 11 nitrogen and oxygen atoms in total. The molecule has 3 N–H and O–H groups in total. The quantitative estimate of drug-likeness (QED) is 0.318. The minimum atomic E-state index is -5.77. The maximum Gasteiger partial charge on any atom is 0.399 e. The van der Waals surface area contributed by atoms with Crippen LogP contribution in [0.25, 0.3) is 10.1 Å². The topological polar surface area (TPSA) is 149 Å². The first kappa shape index (κ1) is 33.1. The molecule has 1 aromatic carbocycles. The van der Waals surface area contributed by atoms with Crippen molar-refractivity contribution in [2.75, 3.05) is 26.2 Å². The molecule has 2 aliphatic rings. The highest BCUT2D eigenvalue weighted by atomic mass is 32.1. The molecular formula is C30H35F2N4O7PS. The van der Waals surface area contributed by atoms with Crippen LogP contribution in [0.1, 0.15) is 60.6 Å². The van der Waals surface area contributed by atoms with Gasteiger partial charge in [0.2, 0.25) is 11.8 Å². The van der Waals surface area contributed by atoms with E-state index < -0.39 is 48.1 Å². The zero-order chi connectivity index (χ0) is 32.7. The van der Waals surface area contributed by atoms with Crippen LogP contribution in [0.2, 0.25) is 0 Å². The van der Waals surface area contributed by atoms with Crippen molar-refractivity contribution in [2.45, 2.75) is 57.5 Å². The molecule has 45 heavy (non-hydrogen) atoms. The van der Waals surface area contributed by atoms with Gasteiger partial charge < -0.3 is 29.6 Å². The van der Waals surface area contributed by atoms with E-state index in [4.69, 9.17) is 14.5 Å². The number of carbonyl (C=O) groups excluding carboxylic acids is 3. The molecule has 5 rings (SSSR count). The molecule has 15 heteroatoms. The van der Waals surface area contributed by atoms with Crippen LogP contribution < -0.4 is 5.32 Å². The van der Waals surface area contributed by atoms with Gasteiger partial charge in [-0.05, 0) is 54.0 Å². The van der Waals surface area contributed by atoms with E-state index >= 15 is 0 Å². The summed E-state index contributed by atoms with van der Waals surface area (Å²) in [5.74, 6) is -1.19. The SMILES string of the molecule is CC(C)(C)C(NC(=O)c1cc2cc(C(F)(F)P(=O)(O)O)ccc2s1)C(=O)N1CCC[C@H]1C(=O)N1CCOC(c2ccccn2)C1. The fraction of sp³-hybridized carbons (Fsp3) is 0.467. The Morgan fingerprint density at radius 3 is 2.56 bits per heavy atom. The number of pyridine rings is 1. The van der Waals surface area contributed by atoms with E-state index in [1.165, 1.54) is 17.0 Å². The average molecular weight is 665 g/mol. The second kappa shape index (κ2) is 12.5. The van der Waals surface area contributed by atoms with Gasteiger partial charge in [0, 0.05) is 29.5 Å². The van der Waals surface area contributed by atoms with Gasteiger partial charge in [-0.2, -0.15) is 8.78 Å². The summed E-state index contributed by atoms with van der Waals surface area (Å²) in [7, 11) is -5.77. The predicted octanol–water partition coefficient (Wildman–Crippen LogP) is 4.26. The Labute approximate surface area is 262 Å². The first-order valence-corrected chi connectivity index (χ1v) is 16.9. The van der Waals surface area contributed by atoms with Crippen molar-refractivity contribution >= 4 is 46.7 Å². The van der Waals surface area contributed by atoms with Gasteiger partial charge in [-0.15, -0.1) is 11.3 Å². The van der Waals surface area contributed by atoms with Crippen molar-refractivity contribution in [3.63, 3.8) is 0 Å². The Hall–Kier alpha value is -3.29. The van der Waals surface area contributed by atoms with Gasteiger partial charge in [-0.3, -0.25) is 23.9 Å². The highest BCUT2D eigenvalue weighted by Gasteiger charge is 2.50. The largest absolute Gasteiger partial charge is 0.399 e. The number of nitrogens with one attached hydrogen (secondary N) is 1. The number of carbonyl (C=O) groups is 3. The molecule has 0 bridgehead atoms. The van der Waals surface area contributed by atoms with Gasteiger partial charge >= 0.3 is 13.3 Å². The molecule has 242 valence electrons. The lowest BCUT2D eigenvalue weighted by Crippen LogP contribution is -2.58. The van der Waals surface area contributed by atoms with Crippen LogP contribution in [-0.2, 0) is 24.6 Å². The predicted molar refractivity (Wildman–Crippen MR) is 163 cm³/mol. The Kier molecular flexibility index (Phi) is 9.18. The summed E-state index contributed by atoms with van der Waals surface area (Å²) in [4.78, 5) is 67.1. The third-order valence-electron chi connectivity index (χ3n) is 8.06. The number of morpholine rings is 1.